The van der Waals surface area contributed by atoms with Gasteiger partial charge < -0.3 is 11.1 Å². The fourth-order valence-electron chi connectivity index (χ4n) is 1.78. The second kappa shape index (κ2) is 5.07. The summed E-state index contributed by atoms with van der Waals surface area (Å²) in [5, 5.41) is 5.79. The number of nitrogens with one attached hydrogen (secondary N) is 1. The van der Waals surface area contributed by atoms with Gasteiger partial charge in [0, 0.05) is 4.88 Å². The molecular formula is C12H15N3OS2. The Bertz CT molecular complexity index is 574. The Morgan fingerprint density at radius 1 is 1.50 bits per heavy atom. The number of nitrogen functional groups attached to an aromatic ring is 1. The first kappa shape index (κ1) is 13.0. The van der Waals surface area contributed by atoms with Crippen molar-refractivity contribution in [2.24, 2.45) is 0 Å². The lowest BCUT2D eigenvalue weighted by Crippen LogP contribution is -2.26. The molecule has 2 rings (SSSR count). The van der Waals surface area contributed by atoms with Crippen molar-refractivity contribution in [3.05, 3.63) is 31.9 Å². The minimum absolute atomic E-state index is 0.0507. The zero-order chi connectivity index (χ0) is 13.3. The van der Waals surface area contributed by atoms with Crippen molar-refractivity contribution in [1.82, 2.24) is 10.3 Å². The number of aromatic nitrogens is 1. The Labute approximate surface area is 114 Å². The molecule has 1 unspecified atom stereocenters. The Morgan fingerprint density at radius 2 is 2.22 bits per heavy atom. The fourth-order valence-corrected chi connectivity index (χ4v) is 3.43. The second-order valence-electron chi connectivity index (χ2n) is 4.08. The van der Waals surface area contributed by atoms with E-state index in [0.717, 1.165) is 15.6 Å². The zero-order valence-electron chi connectivity index (χ0n) is 10.5. The first-order valence-electron chi connectivity index (χ1n) is 5.56. The maximum Gasteiger partial charge on any atom is 0.263 e. The molecule has 0 fully saturated rings. The van der Waals surface area contributed by atoms with Crippen LogP contribution in [0.3, 0.4) is 0 Å². The Kier molecular flexibility index (Phi) is 3.68. The van der Waals surface area contributed by atoms with E-state index in [9.17, 15) is 4.79 Å². The van der Waals surface area contributed by atoms with Crippen LogP contribution in [0.15, 0.2) is 11.4 Å². The summed E-state index contributed by atoms with van der Waals surface area (Å²) >= 11 is 2.97. The average molecular weight is 281 g/mol. The molecule has 0 saturated carbocycles. The molecule has 18 heavy (non-hydrogen) atoms. The van der Waals surface area contributed by atoms with E-state index in [-0.39, 0.29) is 11.9 Å². The topological polar surface area (TPSA) is 68.0 Å². The number of aryl methyl sites for hydroxylation is 2. The smallest absolute Gasteiger partial charge is 0.263 e. The van der Waals surface area contributed by atoms with Gasteiger partial charge in [-0.25, -0.2) is 4.98 Å². The monoisotopic (exact) mass is 281 g/mol. The zero-order valence-corrected chi connectivity index (χ0v) is 12.1. The molecule has 1 amide bonds. The molecule has 3 N–H and O–H groups in total. The minimum atomic E-state index is -0.125. The van der Waals surface area contributed by atoms with Gasteiger partial charge in [-0.15, -0.1) is 22.7 Å². The first-order valence-corrected chi connectivity index (χ1v) is 7.26. The number of amides is 1. The average Bonchev–Trinajstić information content (AvgIpc) is 2.84. The molecule has 6 heteroatoms. The van der Waals surface area contributed by atoms with E-state index < -0.39 is 0 Å². The molecule has 0 aliphatic rings. The van der Waals surface area contributed by atoms with Crippen molar-refractivity contribution in [2.45, 2.75) is 26.8 Å². The van der Waals surface area contributed by atoms with Crippen molar-refractivity contribution in [1.29, 1.82) is 0 Å². The standard InChI is InChI=1S/C12H15N3OS2/c1-6-10(18-8(3)14-6)7(2)15-12(16)11-9(13)4-5-17-11/h4-5,7H,13H2,1-3H3,(H,15,16). The van der Waals surface area contributed by atoms with Gasteiger partial charge in [0.1, 0.15) is 4.88 Å². The van der Waals surface area contributed by atoms with Gasteiger partial charge in [0.05, 0.1) is 22.4 Å². The summed E-state index contributed by atoms with van der Waals surface area (Å²) in [6, 6.07) is 1.69. The first-order chi connectivity index (χ1) is 8.49. The van der Waals surface area contributed by atoms with Crippen LogP contribution in [0, 0.1) is 13.8 Å². The summed E-state index contributed by atoms with van der Waals surface area (Å²) < 4.78 is 0. The third-order valence-electron chi connectivity index (χ3n) is 2.58. The molecule has 2 aromatic heterocycles. The van der Waals surface area contributed by atoms with Crippen LogP contribution in [0.5, 0.6) is 0 Å². The number of thiazole rings is 1. The largest absolute Gasteiger partial charge is 0.397 e. The van der Waals surface area contributed by atoms with Crippen LogP contribution in [-0.2, 0) is 0 Å². The minimum Gasteiger partial charge on any atom is -0.397 e. The van der Waals surface area contributed by atoms with Crippen LogP contribution in [0.1, 0.15) is 38.2 Å². The molecule has 0 aliphatic heterocycles. The number of carbonyl (C=O) groups excluding carboxylic acids is 1. The van der Waals surface area contributed by atoms with Crippen molar-refractivity contribution in [2.75, 3.05) is 5.73 Å². The second-order valence-corrected chi connectivity index (χ2v) is 6.23. The third kappa shape index (κ3) is 2.54. The summed E-state index contributed by atoms with van der Waals surface area (Å²) in [5.41, 5.74) is 7.24. The Balaban J connectivity index is 2.13. The fraction of sp³-hybridized carbons (Fsp3) is 0.333. The predicted octanol–water partition coefficient (Wildman–Crippen LogP) is 2.89. The quantitative estimate of drug-likeness (QED) is 0.909. The lowest BCUT2D eigenvalue weighted by atomic mass is 10.2. The highest BCUT2D eigenvalue weighted by atomic mass is 32.1. The number of hydrogen-bond acceptors (Lipinski definition) is 5. The van der Waals surface area contributed by atoms with Crippen LogP contribution < -0.4 is 11.1 Å². The molecule has 0 bridgehead atoms. The number of nitrogens with two attached hydrogens (primary N) is 1. The van der Waals surface area contributed by atoms with Crippen LogP contribution in [0.25, 0.3) is 0 Å². The number of rotatable bonds is 3. The Morgan fingerprint density at radius 3 is 2.72 bits per heavy atom. The highest BCUT2D eigenvalue weighted by Crippen LogP contribution is 2.26. The molecule has 2 heterocycles. The highest BCUT2D eigenvalue weighted by Gasteiger charge is 2.18. The molecule has 0 aromatic carbocycles. The summed E-state index contributed by atoms with van der Waals surface area (Å²) in [6.07, 6.45) is 0. The number of thiophene rings is 1. The van der Waals surface area contributed by atoms with Gasteiger partial charge in [0.2, 0.25) is 0 Å². The van der Waals surface area contributed by atoms with Crippen molar-refractivity contribution >= 4 is 34.3 Å². The summed E-state index contributed by atoms with van der Waals surface area (Å²) in [4.78, 5) is 18.1. The number of hydrogen-bond donors (Lipinski definition) is 2. The van der Waals surface area contributed by atoms with Crippen LogP contribution in [-0.4, -0.2) is 10.9 Å². The van der Waals surface area contributed by atoms with E-state index in [1.807, 2.05) is 26.2 Å². The third-order valence-corrected chi connectivity index (χ3v) is 4.77. The van der Waals surface area contributed by atoms with Gasteiger partial charge in [-0.05, 0) is 32.2 Å². The van der Waals surface area contributed by atoms with Gasteiger partial charge in [-0.2, -0.15) is 0 Å². The number of anilines is 1. The van der Waals surface area contributed by atoms with E-state index in [1.165, 1.54) is 11.3 Å². The van der Waals surface area contributed by atoms with Crippen molar-refractivity contribution in [3.63, 3.8) is 0 Å². The number of carbonyl (C=O) groups is 1. The van der Waals surface area contributed by atoms with E-state index in [2.05, 4.69) is 10.3 Å². The van der Waals surface area contributed by atoms with Crippen LogP contribution in [0.4, 0.5) is 5.69 Å². The van der Waals surface area contributed by atoms with Crippen molar-refractivity contribution < 1.29 is 4.79 Å². The summed E-state index contributed by atoms with van der Waals surface area (Å²) in [6.45, 7) is 5.88. The Hall–Kier alpha value is -1.40. The number of nitrogens with zero attached hydrogens (tertiary/aromatic N) is 1. The van der Waals surface area contributed by atoms with Crippen LogP contribution >= 0.6 is 22.7 Å². The normalized spacial score (nSPS) is 12.4. The molecule has 0 aliphatic carbocycles. The van der Waals surface area contributed by atoms with E-state index in [0.29, 0.717) is 10.6 Å². The predicted molar refractivity (Wildman–Crippen MR) is 76.2 cm³/mol. The molecule has 0 saturated heterocycles. The van der Waals surface area contributed by atoms with Gasteiger partial charge in [0.25, 0.3) is 5.91 Å². The van der Waals surface area contributed by atoms with Gasteiger partial charge in [-0.3, -0.25) is 4.79 Å². The lowest BCUT2D eigenvalue weighted by molar-refractivity contribution is 0.0945. The van der Waals surface area contributed by atoms with E-state index in [1.54, 1.807) is 17.4 Å². The lowest BCUT2D eigenvalue weighted by Gasteiger charge is -2.12. The van der Waals surface area contributed by atoms with E-state index >= 15 is 0 Å². The van der Waals surface area contributed by atoms with Crippen LogP contribution in [0.2, 0.25) is 0 Å². The van der Waals surface area contributed by atoms with Gasteiger partial charge in [-0.1, -0.05) is 0 Å². The van der Waals surface area contributed by atoms with Gasteiger partial charge in [0.15, 0.2) is 0 Å². The van der Waals surface area contributed by atoms with E-state index in [4.69, 9.17) is 5.73 Å². The molecule has 96 valence electrons. The summed E-state index contributed by atoms with van der Waals surface area (Å²) in [5.74, 6) is -0.125. The maximum atomic E-state index is 12.0. The van der Waals surface area contributed by atoms with Gasteiger partial charge >= 0.3 is 0 Å². The molecule has 4 nitrogen and oxygen atoms in total. The molecular weight excluding hydrogens is 266 g/mol. The molecule has 1 atom stereocenters. The molecule has 0 radical (unpaired) electrons. The SMILES string of the molecule is Cc1nc(C)c(C(C)NC(=O)c2sccc2N)s1. The maximum absolute atomic E-state index is 12.0. The van der Waals surface area contributed by atoms with Crippen molar-refractivity contribution in [3.8, 4) is 0 Å². The highest BCUT2D eigenvalue weighted by molar-refractivity contribution is 7.12. The molecule has 2 aromatic rings. The molecule has 0 spiro atoms. The summed E-state index contributed by atoms with van der Waals surface area (Å²) in [7, 11) is 0.